The maximum Gasteiger partial charge on any atom is 0.394 e. The van der Waals surface area contributed by atoms with E-state index in [9.17, 15) is 14.4 Å². The van der Waals surface area contributed by atoms with Crippen LogP contribution in [-0.4, -0.2) is 17.0 Å². The van der Waals surface area contributed by atoms with Crippen LogP contribution in [-0.2, 0) is 9.59 Å². The number of aliphatic carboxylic acids is 1. The third kappa shape index (κ3) is 2.48. The third-order valence-electron chi connectivity index (χ3n) is 2.66. The van der Waals surface area contributed by atoms with Gasteiger partial charge < -0.3 is 10.4 Å². The lowest BCUT2D eigenvalue weighted by atomic mass is 10.1. The smallest absolute Gasteiger partial charge is 0.394 e. The Hall–Kier alpha value is -2.21. The van der Waals surface area contributed by atoms with Gasteiger partial charge in [-0.3, -0.25) is 9.59 Å². The second kappa shape index (κ2) is 4.81. The van der Waals surface area contributed by atoms with Crippen LogP contribution in [0.2, 0.25) is 0 Å². The molecule has 0 bridgehead atoms. The van der Waals surface area contributed by atoms with Crippen molar-refractivity contribution >= 4 is 39.0 Å². The molecular weight excluding hydrogens is 266 g/mol. The Labute approximate surface area is 112 Å². The van der Waals surface area contributed by atoms with Crippen LogP contribution in [0.1, 0.15) is 11.1 Å². The molecule has 2 aromatic rings. The molecule has 0 unspecified atom stereocenters. The van der Waals surface area contributed by atoms with Crippen LogP contribution >= 0.6 is 11.3 Å². The number of hydrogen-bond donors (Lipinski definition) is 2. The number of amides is 1. The number of carbonyl (C=O) groups is 2. The van der Waals surface area contributed by atoms with E-state index in [1.54, 1.807) is 0 Å². The minimum atomic E-state index is -1.62. The van der Waals surface area contributed by atoms with Gasteiger partial charge in [-0.25, -0.2) is 4.79 Å². The van der Waals surface area contributed by atoms with Crippen molar-refractivity contribution in [3.63, 3.8) is 0 Å². The van der Waals surface area contributed by atoms with Crippen molar-refractivity contribution in [2.24, 2.45) is 0 Å². The zero-order chi connectivity index (χ0) is 14.2. The highest BCUT2D eigenvalue weighted by Crippen LogP contribution is 2.23. The van der Waals surface area contributed by atoms with E-state index >= 15 is 0 Å². The summed E-state index contributed by atoms with van der Waals surface area (Å²) < 4.78 is 0.816. The number of nitrogens with one attached hydrogen (secondary N) is 1. The first-order valence-electron chi connectivity index (χ1n) is 5.47. The Kier molecular flexibility index (Phi) is 3.35. The molecule has 0 aliphatic heterocycles. The number of rotatable bonds is 1. The van der Waals surface area contributed by atoms with Gasteiger partial charge in [0.15, 0.2) is 0 Å². The summed E-state index contributed by atoms with van der Waals surface area (Å²) in [4.78, 5) is 33.8. The number of aryl methyl sites for hydroxylation is 2. The summed E-state index contributed by atoms with van der Waals surface area (Å²) >= 11 is 1.29. The molecule has 0 saturated carbocycles. The van der Waals surface area contributed by atoms with Crippen LogP contribution in [0.25, 0.3) is 10.1 Å². The molecule has 0 saturated heterocycles. The second-order valence-electron chi connectivity index (χ2n) is 4.19. The lowest BCUT2D eigenvalue weighted by Crippen LogP contribution is -2.25. The van der Waals surface area contributed by atoms with E-state index in [4.69, 9.17) is 5.11 Å². The average molecular weight is 277 g/mol. The number of benzene rings is 1. The standard InChI is InChI=1S/C13H11NO4S/c1-6-3-7(2)10-9(4-6)19-5-8(11(10)15)14-12(16)13(17)18/h3-5H,1-2H3,(H,14,16)(H,17,18). The molecule has 0 atom stereocenters. The highest BCUT2D eigenvalue weighted by molar-refractivity contribution is 7.17. The number of carboxylic acid groups (broad SMARTS) is 1. The summed E-state index contributed by atoms with van der Waals surface area (Å²) in [6.07, 6.45) is 0. The number of anilines is 1. The summed E-state index contributed by atoms with van der Waals surface area (Å²) in [5, 5.41) is 12.6. The second-order valence-corrected chi connectivity index (χ2v) is 5.10. The maximum atomic E-state index is 12.2. The largest absolute Gasteiger partial charge is 0.474 e. The van der Waals surface area contributed by atoms with Crippen LogP contribution in [0.3, 0.4) is 0 Å². The van der Waals surface area contributed by atoms with Gasteiger partial charge in [-0.1, -0.05) is 6.07 Å². The van der Waals surface area contributed by atoms with Crippen molar-refractivity contribution in [3.8, 4) is 0 Å². The van der Waals surface area contributed by atoms with Gasteiger partial charge in [0.05, 0.1) is 5.69 Å². The monoisotopic (exact) mass is 277 g/mol. The van der Waals surface area contributed by atoms with E-state index in [1.165, 1.54) is 16.7 Å². The van der Waals surface area contributed by atoms with Crippen molar-refractivity contribution in [1.29, 1.82) is 0 Å². The molecule has 0 aliphatic carbocycles. The van der Waals surface area contributed by atoms with E-state index < -0.39 is 11.9 Å². The molecule has 2 N–H and O–H groups in total. The Morgan fingerprint density at radius 1 is 1.26 bits per heavy atom. The summed E-state index contributed by atoms with van der Waals surface area (Å²) in [6, 6.07) is 3.76. The predicted octanol–water partition coefficient (Wildman–Crippen LogP) is 1.90. The van der Waals surface area contributed by atoms with Gasteiger partial charge in [0.2, 0.25) is 5.43 Å². The third-order valence-corrected chi connectivity index (χ3v) is 3.59. The molecule has 1 heterocycles. The average Bonchev–Trinajstić information content (AvgIpc) is 2.31. The minimum absolute atomic E-state index is 0.00291. The van der Waals surface area contributed by atoms with Gasteiger partial charge in [-0.05, 0) is 31.0 Å². The van der Waals surface area contributed by atoms with Gasteiger partial charge in [-0.15, -0.1) is 11.3 Å². The van der Waals surface area contributed by atoms with Crippen molar-refractivity contribution < 1.29 is 14.7 Å². The fourth-order valence-electron chi connectivity index (χ4n) is 1.89. The van der Waals surface area contributed by atoms with Crippen molar-refractivity contribution in [3.05, 3.63) is 38.9 Å². The Morgan fingerprint density at radius 3 is 2.58 bits per heavy atom. The van der Waals surface area contributed by atoms with Crippen LogP contribution in [0, 0.1) is 13.8 Å². The fourth-order valence-corrected chi connectivity index (χ4v) is 2.92. The number of hydrogen-bond acceptors (Lipinski definition) is 4. The molecule has 0 spiro atoms. The van der Waals surface area contributed by atoms with E-state index in [0.717, 1.165) is 15.8 Å². The summed E-state index contributed by atoms with van der Waals surface area (Å²) in [6.45, 7) is 3.75. The van der Waals surface area contributed by atoms with E-state index in [0.29, 0.717) is 5.39 Å². The molecule has 0 radical (unpaired) electrons. The number of carbonyl (C=O) groups excluding carboxylic acids is 1. The Morgan fingerprint density at radius 2 is 1.95 bits per heavy atom. The van der Waals surface area contributed by atoms with Crippen LogP contribution < -0.4 is 10.7 Å². The molecule has 1 amide bonds. The summed E-state index contributed by atoms with van der Waals surface area (Å²) in [5.41, 5.74) is 1.49. The number of carboxylic acids is 1. The quantitative estimate of drug-likeness (QED) is 0.780. The zero-order valence-corrected chi connectivity index (χ0v) is 11.1. The van der Waals surface area contributed by atoms with Crippen molar-refractivity contribution in [2.45, 2.75) is 13.8 Å². The molecule has 0 aliphatic rings. The summed E-state index contributed by atoms with van der Waals surface area (Å²) in [5.74, 6) is -2.83. The van der Waals surface area contributed by atoms with Gasteiger partial charge in [0.25, 0.3) is 0 Å². The lowest BCUT2D eigenvalue weighted by molar-refractivity contribution is -0.147. The molecule has 0 fully saturated rings. The topological polar surface area (TPSA) is 83.5 Å². The van der Waals surface area contributed by atoms with E-state index in [-0.39, 0.29) is 11.1 Å². The predicted molar refractivity (Wildman–Crippen MR) is 73.8 cm³/mol. The highest BCUT2D eigenvalue weighted by Gasteiger charge is 2.15. The fraction of sp³-hybridized carbons (Fsp3) is 0.154. The van der Waals surface area contributed by atoms with Crippen LogP contribution in [0.15, 0.2) is 22.3 Å². The first kappa shape index (κ1) is 13.2. The molecule has 1 aromatic heterocycles. The first-order chi connectivity index (χ1) is 8.90. The van der Waals surface area contributed by atoms with Crippen LogP contribution in [0.4, 0.5) is 5.69 Å². The number of fused-ring (bicyclic) bond motifs is 1. The van der Waals surface area contributed by atoms with Gasteiger partial charge in [0, 0.05) is 15.5 Å². The molecule has 19 heavy (non-hydrogen) atoms. The van der Waals surface area contributed by atoms with Gasteiger partial charge in [0.1, 0.15) is 0 Å². The maximum absolute atomic E-state index is 12.2. The summed E-state index contributed by atoms with van der Waals surface area (Å²) in [7, 11) is 0. The first-order valence-corrected chi connectivity index (χ1v) is 6.35. The molecule has 5 nitrogen and oxygen atoms in total. The van der Waals surface area contributed by atoms with Gasteiger partial charge in [-0.2, -0.15) is 0 Å². The zero-order valence-electron chi connectivity index (χ0n) is 10.3. The van der Waals surface area contributed by atoms with E-state index in [1.807, 2.05) is 26.0 Å². The lowest BCUT2D eigenvalue weighted by Gasteiger charge is -2.06. The molecular formula is C13H11NO4S. The van der Waals surface area contributed by atoms with E-state index in [2.05, 4.69) is 5.32 Å². The minimum Gasteiger partial charge on any atom is -0.474 e. The molecule has 1 aromatic carbocycles. The van der Waals surface area contributed by atoms with Gasteiger partial charge >= 0.3 is 11.9 Å². The Balaban J connectivity index is 2.61. The Bertz CT molecular complexity index is 748. The van der Waals surface area contributed by atoms with Crippen molar-refractivity contribution in [1.82, 2.24) is 0 Å². The SMILES string of the molecule is Cc1cc(C)c2c(=O)c(NC(=O)C(=O)O)csc2c1. The van der Waals surface area contributed by atoms with Crippen LogP contribution in [0.5, 0.6) is 0 Å². The molecule has 98 valence electrons. The molecule has 6 heteroatoms. The molecule has 2 rings (SSSR count). The van der Waals surface area contributed by atoms with Crippen molar-refractivity contribution in [2.75, 3.05) is 5.32 Å². The highest BCUT2D eigenvalue weighted by atomic mass is 32.1. The normalized spacial score (nSPS) is 10.4.